The number of rotatable bonds is 6. The molecule has 1 saturated heterocycles. The third-order valence-electron chi connectivity index (χ3n) is 5.08. The zero-order chi connectivity index (χ0) is 19.9. The lowest BCUT2D eigenvalue weighted by molar-refractivity contribution is -0.116. The van der Waals surface area contributed by atoms with Gasteiger partial charge >= 0.3 is 0 Å². The van der Waals surface area contributed by atoms with E-state index in [0.29, 0.717) is 24.6 Å². The van der Waals surface area contributed by atoms with Gasteiger partial charge in [-0.25, -0.2) is 4.98 Å². The van der Waals surface area contributed by atoms with Crippen molar-refractivity contribution in [1.82, 2.24) is 14.9 Å². The first-order chi connectivity index (χ1) is 13.6. The molecule has 1 aliphatic heterocycles. The molecule has 1 atom stereocenters. The zero-order valence-electron chi connectivity index (χ0n) is 16.4. The molecule has 7 nitrogen and oxygen atoms in total. The molecule has 0 bridgehead atoms. The van der Waals surface area contributed by atoms with E-state index in [-0.39, 0.29) is 11.8 Å². The zero-order valence-corrected chi connectivity index (χ0v) is 16.4. The van der Waals surface area contributed by atoms with Crippen molar-refractivity contribution in [2.24, 2.45) is 5.92 Å². The number of hydrogen-bond donors (Lipinski definition) is 1. The summed E-state index contributed by atoms with van der Waals surface area (Å²) in [6.45, 7) is 3.32. The Kier molecular flexibility index (Phi) is 6.57. The first-order valence-electron chi connectivity index (χ1n) is 9.56. The first-order valence-corrected chi connectivity index (χ1v) is 9.56. The van der Waals surface area contributed by atoms with Gasteiger partial charge in [0.1, 0.15) is 11.4 Å². The minimum atomic E-state index is -0.0869. The molecule has 0 saturated carbocycles. The van der Waals surface area contributed by atoms with Crippen LogP contribution < -0.4 is 10.1 Å². The number of aryl methyl sites for hydroxylation is 1. The highest BCUT2D eigenvalue weighted by atomic mass is 16.5. The number of aromatic nitrogens is 2. The highest BCUT2D eigenvalue weighted by Gasteiger charge is 2.25. The van der Waals surface area contributed by atoms with Gasteiger partial charge in [0.05, 0.1) is 13.3 Å². The fraction of sp³-hybridized carbons (Fsp3) is 0.429. The first kappa shape index (κ1) is 19.8. The predicted octanol–water partition coefficient (Wildman–Crippen LogP) is 3.06. The largest absolute Gasteiger partial charge is 0.497 e. The number of carbonyl (C=O) groups excluding carboxylic acids is 2. The van der Waals surface area contributed by atoms with E-state index in [4.69, 9.17) is 4.74 Å². The molecule has 3 rings (SSSR count). The topological polar surface area (TPSA) is 84.4 Å². The molecule has 2 heterocycles. The van der Waals surface area contributed by atoms with Crippen LogP contribution in [0.3, 0.4) is 0 Å². The summed E-state index contributed by atoms with van der Waals surface area (Å²) < 4.78 is 5.19. The fourth-order valence-corrected chi connectivity index (χ4v) is 3.51. The summed E-state index contributed by atoms with van der Waals surface area (Å²) in [5.74, 6) is 0.990. The number of ether oxygens (including phenoxy) is 1. The molecule has 0 aliphatic carbocycles. The molecule has 148 valence electrons. The molecular weight excluding hydrogens is 356 g/mol. The number of nitrogens with zero attached hydrogens (tertiary/aromatic N) is 3. The van der Waals surface area contributed by atoms with Crippen molar-refractivity contribution in [2.75, 3.05) is 25.5 Å². The molecule has 1 N–H and O–H groups in total. The lowest BCUT2D eigenvalue weighted by atomic mass is 9.93. The van der Waals surface area contributed by atoms with Crippen LogP contribution >= 0.6 is 0 Å². The average Bonchev–Trinajstić information content (AvgIpc) is 2.74. The number of piperidine rings is 1. The van der Waals surface area contributed by atoms with E-state index in [9.17, 15) is 9.59 Å². The standard InChI is InChI=1S/C21H26N4O3/c1-15-12-17(28-2)6-7-18(15)24-20(26)8-5-16-4-3-11-25(14-16)21(27)19-13-22-9-10-23-19/h6-7,9-10,12-13,16H,3-5,8,11,14H2,1-2H3,(H,24,26)/t16-/m1/s1. The van der Waals surface area contributed by atoms with E-state index in [2.05, 4.69) is 15.3 Å². The Morgan fingerprint density at radius 2 is 2.18 bits per heavy atom. The SMILES string of the molecule is COc1ccc(NC(=O)CC[C@H]2CCCN(C(=O)c3cnccn3)C2)c(C)c1. The molecule has 0 radical (unpaired) electrons. The van der Waals surface area contributed by atoms with Crippen LogP contribution in [0.2, 0.25) is 0 Å². The number of likely N-dealkylation sites (tertiary alicyclic amines) is 1. The van der Waals surface area contributed by atoms with Crippen molar-refractivity contribution in [3.63, 3.8) is 0 Å². The van der Waals surface area contributed by atoms with Crippen LogP contribution in [-0.4, -0.2) is 46.9 Å². The van der Waals surface area contributed by atoms with Crippen LogP contribution in [0.15, 0.2) is 36.8 Å². The van der Waals surface area contributed by atoms with Gasteiger partial charge in [0.2, 0.25) is 5.91 Å². The number of nitrogens with one attached hydrogen (secondary N) is 1. The van der Waals surface area contributed by atoms with E-state index >= 15 is 0 Å². The van der Waals surface area contributed by atoms with Crippen molar-refractivity contribution in [3.8, 4) is 5.75 Å². The maximum absolute atomic E-state index is 12.5. The quantitative estimate of drug-likeness (QED) is 0.830. The second-order valence-electron chi connectivity index (χ2n) is 7.12. The second-order valence-corrected chi connectivity index (χ2v) is 7.12. The number of carbonyl (C=O) groups is 2. The minimum Gasteiger partial charge on any atom is -0.497 e. The van der Waals surface area contributed by atoms with Crippen LogP contribution in [0.4, 0.5) is 5.69 Å². The maximum Gasteiger partial charge on any atom is 0.274 e. The molecule has 1 aliphatic rings. The van der Waals surface area contributed by atoms with Crippen LogP contribution in [0.1, 0.15) is 41.7 Å². The van der Waals surface area contributed by atoms with Gasteiger partial charge in [-0.3, -0.25) is 14.6 Å². The Hall–Kier alpha value is -2.96. The van der Waals surface area contributed by atoms with Crippen molar-refractivity contribution < 1.29 is 14.3 Å². The molecule has 1 aromatic heterocycles. The van der Waals surface area contributed by atoms with Crippen molar-refractivity contribution in [1.29, 1.82) is 0 Å². The number of hydrogen-bond acceptors (Lipinski definition) is 5. The summed E-state index contributed by atoms with van der Waals surface area (Å²) in [5.41, 5.74) is 2.14. The van der Waals surface area contributed by atoms with Gasteiger partial charge < -0.3 is 15.0 Å². The van der Waals surface area contributed by atoms with Crippen molar-refractivity contribution in [3.05, 3.63) is 48.0 Å². The Labute approximate surface area is 165 Å². The normalized spacial score (nSPS) is 16.5. The van der Waals surface area contributed by atoms with E-state index in [1.807, 2.05) is 30.0 Å². The third kappa shape index (κ3) is 5.06. The summed E-state index contributed by atoms with van der Waals surface area (Å²) >= 11 is 0. The summed E-state index contributed by atoms with van der Waals surface area (Å²) in [5, 5.41) is 2.97. The summed E-state index contributed by atoms with van der Waals surface area (Å²) in [6, 6.07) is 5.58. The van der Waals surface area contributed by atoms with Crippen molar-refractivity contribution in [2.45, 2.75) is 32.6 Å². The molecule has 0 unspecified atom stereocenters. The number of methoxy groups -OCH3 is 1. The van der Waals surface area contributed by atoms with Crippen LogP contribution in [0.25, 0.3) is 0 Å². The van der Waals surface area contributed by atoms with E-state index in [1.165, 1.54) is 12.4 Å². The molecule has 28 heavy (non-hydrogen) atoms. The Morgan fingerprint density at radius 3 is 2.89 bits per heavy atom. The molecule has 2 aromatic rings. The third-order valence-corrected chi connectivity index (χ3v) is 5.08. The van der Waals surface area contributed by atoms with E-state index < -0.39 is 0 Å². The van der Waals surface area contributed by atoms with Gasteiger partial charge in [-0.1, -0.05) is 0 Å². The highest BCUT2D eigenvalue weighted by Crippen LogP contribution is 2.24. The van der Waals surface area contributed by atoms with Gasteiger partial charge in [-0.2, -0.15) is 0 Å². The molecule has 1 fully saturated rings. The summed E-state index contributed by atoms with van der Waals surface area (Å²) in [7, 11) is 1.62. The Balaban J connectivity index is 1.50. The fourth-order valence-electron chi connectivity index (χ4n) is 3.51. The number of benzene rings is 1. The molecule has 1 aromatic carbocycles. The van der Waals surface area contributed by atoms with Crippen LogP contribution in [0.5, 0.6) is 5.75 Å². The monoisotopic (exact) mass is 382 g/mol. The number of amides is 2. The maximum atomic E-state index is 12.5. The molecule has 7 heteroatoms. The predicted molar refractivity (Wildman–Crippen MR) is 106 cm³/mol. The summed E-state index contributed by atoms with van der Waals surface area (Å²) in [4.78, 5) is 34.8. The van der Waals surface area contributed by atoms with Gasteiger partial charge in [0, 0.05) is 37.6 Å². The van der Waals surface area contributed by atoms with Gasteiger partial charge in [-0.15, -0.1) is 0 Å². The van der Waals surface area contributed by atoms with Crippen molar-refractivity contribution >= 4 is 17.5 Å². The molecule has 0 spiro atoms. The average molecular weight is 382 g/mol. The van der Waals surface area contributed by atoms with Gasteiger partial charge in [0.25, 0.3) is 5.91 Å². The smallest absolute Gasteiger partial charge is 0.274 e. The Morgan fingerprint density at radius 1 is 1.32 bits per heavy atom. The lowest BCUT2D eigenvalue weighted by Gasteiger charge is -2.32. The molecule has 2 amide bonds. The van der Waals surface area contributed by atoms with Crippen LogP contribution in [-0.2, 0) is 4.79 Å². The minimum absolute atomic E-state index is 0.00866. The lowest BCUT2D eigenvalue weighted by Crippen LogP contribution is -2.40. The highest BCUT2D eigenvalue weighted by molar-refractivity contribution is 5.92. The van der Waals surface area contributed by atoms with E-state index in [0.717, 1.165) is 42.8 Å². The summed E-state index contributed by atoms with van der Waals surface area (Å²) in [6.07, 6.45) is 7.74. The van der Waals surface area contributed by atoms with Crippen LogP contribution in [0, 0.1) is 12.8 Å². The number of anilines is 1. The van der Waals surface area contributed by atoms with Gasteiger partial charge in [-0.05, 0) is 55.9 Å². The second kappa shape index (κ2) is 9.30. The van der Waals surface area contributed by atoms with Gasteiger partial charge in [0.15, 0.2) is 0 Å². The Bertz CT molecular complexity index is 826. The van der Waals surface area contributed by atoms with E-state index in [1.54, 1.807) is 13.3 Å². The molecular formula is C21H26N4O3.